The van der Waals surface area contributed by atoms with E-state index in [0.29, 0.717) is 17.1 Å². The van der Waals surface area contributed by atoms with Gasteiger partial charge in [-0.2, -0.15) is 0 Å². The van der Waals surface area contributed by atoms with Crippen LogP contribution >= 0.6 is 0 Å². The molecule has 0 fully saturated rings. The van der Waals surface area contributed by atoms with Crippen molar-refractivity contribution >= 4 is 11.4 Å². The van der Waals surface area contributed by atoms with E-state index < -0.39 is 0 Å². The van der Waals surface area contributed by atoms with Gasteiger partial charge in [0.1, 0.15) is 11.5 Å². The second-order valence-corrected chi connectivity index (χ2v) is 4.22. The van der Waals surface area contributed by atoms with Gasteiger partial charge in [-0.15, -0.1) is 0 Å². The molecule has 3 heteroatoms. The number of rotatable bonds is 2. The van der Waals surface area contributed by atoms with Crippen LogP contribution in [0.3, 0.4) is 0 Å². The standard InChI is InChI=1S/C14H16N2O/c1-9-5-10(2)7-12(6-9)17-14-4-3-11(15)8-13(14)16/h3-8H,15-16H2,1-2H3. The number of ether oxygens (including phenoxy) is 1. The molecule has 0 amide bonds. The van der Waals surface area contributed by atoms with Gasteiger partial charge < -0.3 is 16.2 Å². The van der Waals surface area contributed by atoms with Crippen molar-refractivity contribution in [2.75, 3.05) is 11.5 Å². The number of nitrogen functional groups attached to an aromatic ring is 2. The Kier molecular flexibility index (Phi) is 2.91. The molecule has 0 atom stereocenters. The lowest BCUT2D eigenvalue weighted by Gasteiger charge is -2.10. The highest BCUT2D eigenvalue weighted by Gasteiger charge is 2.03. The maximum absolute atomic E-state index is 5.84. The van der Waals surface area contributed by atoms with Crippen LogP contribution < -0.4 is 16.2 Å². The third kappa shape index (κ3) is 2.69. The largest absolute Gasteiger partial charge is 0.455 e. The topological polar surface area (TPSA) is 61.3 Å². The summed E-state index contributed by atoms with van der Waals surface area (Å²) in [6.45, 7) is 4.07. The first-order chi connectivity index (χ1) is 8.04. The van der Waals surface area contributed by atoms with Crippen molar-refractivity contribution in [1.29, 1.82) is 0 Å². The van der Waals surface area contributed by atoms with Gasteiger partial charge in [-0.3, -0.25) is 0 Å². The third-order valence-electron chi connectivity index (χ3n) is 2.46. The third-order valence-corrected chi connectivity index (χ3v) is 2.46. The molecule has 0 aromatic heterocycles. The van der Waals surface area contributed by atoms with Crippen LogP contribution in [0.25, 0.3) is 0 Å². The van der Waals surface area contributed by atoms with Crippen molar-refractivity contribution in [2.45, 2.75) is 13.8 Å². The fourth-order valence-electron chi connectivity index (χ4n) is 1.78. The van der Waals surface area contributed by atoms with Crippen molar-refractivity contribution in [3.05, 3.63) is 47.5 Å². The van der Waals surface area contributed by atoms with Crippen LogP contribution in [0.2, 0.25) is 0 Å². The average molecular weight is 228 g/mol. The molecule has 0 heterocycles. The molecular weight excluding hydrogens is 212 g/mol. The zero-order valence-electron chi connectivity index (χ0n) is 10.0. The maximum Gasteiger partial charge on any atom is 0.150 e. The normalized spacial score (nSPS) is 10.2. The minimum Gasteiger partial charge on any atom is -0.455 e. The molecule has 88 valence electrons. The fourth-order valence-corrected chi connectivity index (χ4v) is 1.78. The Morgan fingerprint density at radius 2 is 1.53 bits per heavy atom. The van der Waals surface area contributed by atoms with E-state index in [2.05, 4.69) is 6.07 Å². The van der Waals surface area contributed by atoms with Gasteiger partial charge >= 0.3 is 0 Å². The predicted octanol–water partition coefficient (Wildman–Crippen LogP) is 3.26. The first-order valence-corrected chi connectivity index (χ1v) is 5.46. The van der Waals surface area contributed by atoms with Crippen LogP contribution in [-0.4, -0.2) is 0 Å². The smallest absolute Gasteiger partial charge is 0.150 e. The second-order valence-electron chi connectivity index (χ2n) is 4.22. The molecule has 4 N–H and O–H groups in total. The Labute approximate surface area is 101 Å². The van der Waals surface area contributed by atoms with Gasteiger partial charge in [0.15, 0.2) is 0 Å². The zero-order chi connectivity index (χ0) is 12.4. The molecule has 3 nitrogen and oxygen atoms in total. The molecule has 0 aliphatic carbocycles. The van der Waals surface area contributed by atoms with E-state index >= 15 is 0 Å². The van der Waals surface area contributed by atoms with Gasteiger partial charge in [0.2, 0.25) is 0 Å². The number of hydrogen-bond acceptors (Lipinski definition) is 3. The van der Waals surface area contributed by atoms with Gasteiger partial charge in [-0.1, -0.05) is 6.07 Å². The Morgan fingerprint density at radius 3 is 2.12 bits per heavy atom. The summed E-state index contributed by atoms with van der Waals surface area (Å²) < 4.78 is 5.75. The van der Waals surface area contributed by atoms with Crippen molar-refractivity contribution < 1.29 is 4.74 Å². The van der Waals surface area contributed by atoms with Crippen LogP contribution in [0.1, 0.15) is 11.1 Å². The van der Waals surface area contributed by atoms with Gasteiger partial charge in [0.25, 0.3) is 0 Å². The predicted molar refractivity (Wildman–Crippen MR) is 71.3 cm³/mol. The Bertz CT molecular complexity index is 530. The SMILES string of the molecule is Cc1cc(C)cc(Oc2ccc(N)cc2N)c1. The van der Waals surface area contributed by atoms with Crippen LogP contribution in [0, 0.1) is 13.8 Å². The van der Waals surface area contributed by atoms with Gasteiger partial charge in [0.05, 0.1) is 5.69 Å². The molecule has 2 aromatic carbocycles. The van der Waals surface area contributed by atoms with Crippen LogP contribution in [-0.2, 0) is 0 Å². The highest BCUT2D eigenvalue weighted by Crippen LogP contribution is 2.29. The molecule has 0 unspecified atom stereocenters. The summed E-state index contributed by atoms with van der Waals surface area (Å²) in [7, 11) is 0. The number of benzene rings is 2. The summed E-state index contributed by atoms with van der Waals surface area (Å²) in [5.74, 6) is 1.42. The first-order valence-electron chi connectivity index (χ1n) is 5.46. The van der Waals surface area contributed by atoms with Crippen molar-refractivity contribution in [3.63, 3.8) is 0 Å². The number of hydrogen-bond donors (Lipinski definition) is 2. The van der Waals surface area contributed by atoms with E-state index in [1.165, 1.54) is 0 Å². The molecule has 2 rings (SSSR count). The molecule has 0 aliphatic heterocycles. The van der Waals surface area contributed by atoms with Crippen molar-refractivity contribution in [3.8, 4) is 11.5 Å². The molecular formula is C14H16N2O. The van der Waals surface area contributed by atoms with E-state index in [-0.39, 0.29) is 0 Å². The minimum absolute atomic E-state index is 0.546. The number of aryl methyl sites for hydroxylation is 2. The van der Waals surface area contributed by atoms with Gasteiger partial charge in [0, 0.05) is 5.69 Å². The average Bonchev–Trinajstić information content (AvgIpc) is 2.21. The lowest BCUT2D eigenvalue weighted by atomic mass is 10.1. The Balaban J connectivity index is 2.31. The lowest BCUT2D eigenvalue weighted by Crippen LogP contribution is -1.94. The first kappa shape index (κ1) is 11.3. The molecule has 0 spiro atoms. The van der Waals surface area contributed by atoms with E-state index in [4.69, 9.17) is 16.2 Å². The van der Waals surface area contributed by atoms with E-state index in [9.17, 15) is 0 Å². The molecule has 2 aromatic rings. The maximum atomic E-state index is 5.84. The summed E-state index contributed by atoms with van der Waals surface area (Å²) in [5, 5.41) is 0. The molecule has 0 bridgehead atoms. The monoisotopic (exact) mass is 228 g/mol. The molecule has 0 aliphatic rings. The Hall–Kier alpha value is -2.16. The molecule has 17 heavy (non-hydrogen) atoms. The molecule has 0 radical (unpaired) electrons. The van der Waals surface area contributed by atoms with Gasteiger partial charge in [-0.25, -0.2) is 0 Å². The summed E-state index contributed by atoms with van der Waals surface area (Å²) in [6, 6.07) is 11.3. The Morgan fingerprint density at radius 1 is 0.882 bits per heavy atom. The van der Waals surface area contributed by atoms with Crippen molar-refractivity contribution in [2.24, 2.45) is 0 Å². The minimum atomic E-state index is 0.546. The summed E-state index contributed by atoms with van der Waals surface area (Å²) in [5.41, 5.74) is 15.0. The lowest BCUT2D eigenvalue weighted by molar-refractivity contribution is 0.484. The van der Waals surface area contributed by atoms with E-state index in [0.717, 1.165) is 16.9 Å². The highest BCUT2D eigenvalue weighted by atomic mass is 16.5. The van der Waals surface area contributed by atoms with Crippen molar-refractivity contribution in [1.82, 2.24) is 0 Å². The number of nitrogens with two attached hydrogens (primary N) is 2. The van der Waals surface area contributed by atoms with E-state index in [1.807, 2.05) is 26.0 Å². The van der Waals surface area contributed by atoms with Gasteiger partial charge in [-0.05, 0) is 55.3 Å². The molecule has 0 saturated carbocycles. The van der Waals surface area contributed by atoms with Crippen LogP contribution in [0.4, 0.5) is 11.4 Å². The quantitative estimate of drug-likeness (QED) is 0.775. The summed E-state index contributed by atoms with van der Waals surface area (Å²) >= 11 is 0. The van der Waals surface area contributed by atoms with E-state index in [1.54, 1.807) is 18.2 Å². The summed E-state index contributed by atoms with van der Waals surface area (Å²) in [6.07, 6.45) is 0. The highest BCUT2D eigenvalue weighted by molar-refractivity contribution is 5.61. The van der Waals surface area contributed by atoms with Crippen LogP contribution in [0.5, 0.6) is 11.5 Å². The molecule has 0 saturated heterocycles. The number of anilines is 2. The summed E-state index contributed by atoms with van der Waals surface area (Å²) in [4.78, 5) is 0. The second kappa shape index (κ2) is 4.37. The zero-order valence-corrected chi connectivity index (χ0v) is 10.0. The van der Waals surface area contributed by atoms with Crippen LogP contribution in [0.15, 0.2) is 36.4 Å². The fraction of sp³-hybridized carbons (Fsp3) is 0.143.